The van der Waals surface area contributed by atoms with Crippen LogP contribution in [0.25, 0.3) is 11.0 Å². The van der Waals surface area contributed by atoms with Crippen LogP contribution >= 0.6 is 15.9 Å². The molecule has 0 aliphatic carbocycles. The maximum absolute atomic E-state index is 6.39. The third-order valence-corrected chi connectivity index (χ3v) is 3.89. The van der Waals surface area contributed by atoms with Gasteiger partial charge in [0.2, 0.25) is 0 Å². The van der Waals surface area contributed by atoms with Crippen molar-refractivity contribution < 1.29 is 0 Å². The van der Waals surface area contributed by atoms with Crippen molar-refractivity contribution in [2.75, 3.05) is 0 Å². The van der Waals surface area contributed by atoms with Crippen LogP contribution in [0.2, 0.25) is 0 Å². The first-order valence-electron chi connectivity index (χ1n) is 6.38. The van der Waals surface area contributed by atoms with Crippen molar-refractivity contribution in [2.24, 2.45) is 5.73 Å². The summed E-state index contributed by atoms with van der Waals surface area (Å²) in [5.74, 6) is 0. The molecule has 2 heterocycles. The third-order valence-electron chi connectivity index (χ3n) is 3.28. The number of hydrogen-bond acceptors (Lipinski definition) is 4. The highest BCUT2D eigenvalue weighted by Gasteiger charge is 2.18. The number of nitrogens with zero attached hydrogens (tertiary/aromatic N) is 4. The molecular weight excluding hydrogens is 318 g/mol. The van der Waals surface area contributed by atoms with Gasteiger partial charge in [0.1, 0.15) is 0 Å². The van der Waals surface area contributed by atoms with Gasteiger partial charge in [-0.1, -0.05) is 6.07 Å². The van der Waals surface area contributed by atoms with E-state index in [2.05, 4.69) is 31.0 Å². The van der Waals surface area contributed by atoms with E-state index < -0.39 is 0 Å². The Bertz CT molecular complexity index is 752. The van der Waals surface area contributed by atoms with Crippen LogP contribution in [0.5, 0.6) is 0 Å². The number of benzene rings is 1. The van der Waals surface area contributed by atoms with Crippen LogP contribution in [0.4, 0.5) is 0 Å². The lowest BCUT2D eigenvalue weighted by Crippen LogP contribution is -2.17. The van der Waals surface area contributed by atoms with Gasteiger partial charge in [-0.2, -0.15) is 5.10 Å². The van der Waals surface area contributed by atoms with Crippen molar-refractivity contribution in [2.45, 2.75) is 19.5 Å². The second kappa shape index (κ2) is 5.30. The van der Waals surface area contributed by atoms with Crippen molar-refractivity contribution in [3.8, 4) is 0 Å². The molecular formula is C14H14BrN5. The number of halogens is 1. The quantitative estimate of drug-likeness (QED) is 0.801. The molecule has 1 atom stereocenters. The van der Waals surface area contributed by atoms with Gasteiger partial charge in [0.15, 0.2) is 0 Å². The molecule has 0 saturated heterocycles. The predicted molar refractivity (Wildman–Crippen MR) is 81.2 cm³/mol. The van der Waals surface area contributed by atoms with Gasteiger partial charge in [-0.25, -0.2) is 0 Å². The fourth-order valence-corrected chi connectivity index (χ4v) is 2.81. The van der Waals surface area contributed by atoms with E-state index in [-0.39, 0.29) is 6.04 Å². The molecule has 3 rings (SSSR count). The first-order valence-corrected chi connectivity index (χ1v) is 7.17. The van der Waals surface area contributed by atoms with Crippen LogP contribution in [-0.2, 0) is 6.54 Å². The van der Waals surface area contributed by atoms with Crippen LogP contribution in [-0.4, -0.2) is 19.7 Å². The van der Waals surface area contributed by atoms with E-state index in [1.54, 1.807) is 18.6 Å². The van der Waals surface area contributed by atoms with E-state index in [9.17, 15) is 0 Å². The molecule has 0 spiro atoms. The monoisotopic (exact) mass is 331 g/mol. The molecule has 20 heavy (non-hydrogen) atoms. The van der Waals surface area contributed by atoms with E-state index in [0.717, 1.165) is 33.3 Å². The SMILES string of the molecule is CCn1ncc(Br)c1C(N)c1ccc2nccnc2c1. The summed E-state index contributed by atoms with van der Waals surface area (Å²) in [6, 6.07) is 5.66. The molecule has 102 valence electrons. The zero-order valence-electron chi connectivity index (χ0n) is 11.0. The Labute approximate surface area is 125 Å². The van der Waals surface area contributed by atoms with Crippen LogP contribution in [0, 0.1) is 0 Å². The Morgan fingerprint density at radius 2 is 2.00 bits per heavy atom. The average Bonchev–Trinajstić information content (AvgIpc) is 2.87. The summed E-state index contributed by atoms with van der Waals surface area (Å²) in [6.45, 7) is 2.82. The standard InChI is InChI=1S/C14H14BrN5/c1-2-20-14(10(15)8-19-20)13(16)9-3-4-11-12(7-9)18-6-5-17-11/h3-8,13H,2,16H2,1H3. The van der Waals surface area contributed by atoms with Crippen molar-refractivity contribution >= 4 is 27.0 Å². The summed E-state index contributed by atoms with van der Waals surface area (Å²) in [4.78, 5) is 8.58. The molecule has 0 aliphatic heterocycles. The van der Waals surface area contributed by atoms with Crippen LogP contribution in [0.15, 0.2) is 41.3 Å². The van der Waals surface area contributed by atoms with Gasteiger partial charge >= 0.3 is 0 Å². The topological polar surface area (TPSA) is 69.6 Å². The lowest BCUT2D eigenvalue weighted by atomic mass is 10.0. The Hall–Kier alpha value is -1.79. The largest absolute Gasteiger partial charge is 0.319 e. The van der Waals surface area contributed by atoms with Crippen molar-refractivity contribution in [1.82, 2.24) is 19.7 Å². The summed E-state index contributed by atoms with van der Waals surface area (Å²) in [5.41, 5.74) is 10.1. The Balaban J connectivity index is 2.07. The summed E-state index contributed by atoms with van der Waals surface area (Å²) < 4.78 is 2.82. The zero-order chi connectivity index (χ0) is 14.1. The van der Waals surface area contributed by atoms with Gasteiger partial charge in [-0.05, 0) is 40.5 Å². The molecule has 5 nitrogen and oxygen atoms in total. The van der Waals surface area contributed by atoms with Crippen molar-refractivity contribution in [3.63, 3.8) is 0 Å². The highest BCUT2D eigenvalue weighted by Crippen LogP contribution is 2.27. The van der Waals surface area contributed by atoms with Crippen LogP contribution < -0.4 is 5.73 Å². The van der Waals surface area contributed by atoms with Gasteiger partial charge in [-0.15, -0.1) is 0 Å². The molecule has 0 saturated carbocycles. The van der Waals surface area contributed by atoms with E-state index in [4.69, 9.17) is 5.73 Å². The average molecular weight is 332 g/mol. The minimum absolute atomic E-state index is 0.252. The molecule has 1 unspecified atom stereocenters. The van der Waals surface area contributed by atoms with Gasteiger partial charge in [0, 0.05) is 18.9 Å². The molecule has 0 fully saturated rings. The highest BCUT2D eigenvalue weighted by atomic mass is 79.9. The lowest BCUT2D eigenvalue weighted by molar-refractivity contribution is 0.599. The van der Waals surface area contributed by atoms with Crippen LogP contribution in [0.1, 0.15) is 24.2 Å². The van der Waals surface area contributed by atoms with E-state index in [1.807, 2.05) is 29.8 Å². The number of aromatic nitrogens is 4. The first kappa shape index (κ1) is 13.2. The van der Waals surface area contributed by atoms with Gasteiger partial charge in [-0.3, -0.25) is 14.6 Å². The van der Waals surface area contributed by atoms with Crippen molar-refractivity contribution in [3.05, 3.63) is 52.5 Å². The molecule has 0 radical (unpaired) electrons. The normalized spacial score (nSPS) is 12.8. The van der Waals surface area contributed by atoms with E-state index in [1.165, 1.54) is 0 Å². The maximum atomic E-state index is 6.39. The lowest BCUT2D eigenvalue weighted by Gasteiger charge is -2.15. The minimum atomic E-state index is -0.252. The molecule has 6 heteroatoms. The highest BCUT2D eigenvalue weighted by molar-refractivity contribution is 9.10. The van der Waals surface area contributed by atoms with Crippen molar-refractivity contribution in [1.29, 1.82) is 0 Å². The van der Waals surface area contributed by atoms with E-state index in [0.29, 0.717) is 0 Å². The first-order chi connectivity index (χ1) is 9.70. The molecule has 1 aromatic carbocycles. The molecule has 0 amide bonds. The second-order valence-corrected chi connectivity index (χ2v) is 5.33. The number of aryl methyl sites for hydroxylation is 1. The van der Waals surface area contributed by atoms with Gasteiger partial charge < -0.3 is 5.73 Å². The molecule has 3 aromatic rings. The van der Waals surface area contributed by atoms with Gasteiger partial charge in [0.25, 0.3) is 0 Å². The Morgan fingerprint density at radius 1 is 1.25 bits per heavy atom. The summed E-state index contributed by atoms with van der Waals surface area (Å²) >= 11 is 3.51. The maximum Gasteiger partial charge on any atom is 0.0890 e. The Morgan fingerprint density at radius 3 is 2.75 bits per heavy atom. The summed E-state index contributed by atoms with van der Waals surface area (Å²) in [5, 5.41) is 4.30. The number of nitrogens with two attached hydrogens (primary N) is 1. The molecule has 2 N–H and O–H groups in total. The second-order valence-electron chi connectivity index (χ2n) is 4.48. The van der Waals surface area contributed by atoms with Gasteiger partial charge in [0.05, 0.1) is 33.4 Å². The Kier molecular flexibility index (Phi) is 3.50. The molecule has 2 aromatic heterocycles. The smallest absolute Gasteiger partial charge is 0.0890 e. The number of hydrogen-bond donors (Lipinski definition) is 1. The minimum Gasteiger partial charge on any atom is -0.319 e. The summed E-state index contributed by atoms with van der Waals surface area (Å²) in [6.07, 6.45) is 5.15. The molecule has 0 aliphatic rings. The fraction of sp³-hybridized carbons (Fsp3) is 0.214. The number of fused-ring (bicyclic) bond motifs is 1. The number of rotatable bonds is 3. The third kappa shape index (κ3) is 2.21. The predicted octanol–water partition coefficient (Wildman–Crippen LogP) is 2.66. The summed E-state index contributed by atoms with van der Waals surface area (Å²) in [7, 11) is 0. The van der Waals surface area contributed by atoms with E-state index >= 15 is 0 Å². The molecule has 0 bridgehead atoms. The zero-order valence-corrected chi connectivity index (χ0v) is 12.6. The van der Waals surface area contributed by atoms with Crippen LogP contribution in [0.3, 0.4) is 0 Å². The fourth-order valence-electron chi connectivity index (χ4n) is 2.26.